The number of amides is 5. The lowest BCUT2D eigenvalue weighted by atomic mass is 10.1. The van der Waals surface area contributed by atoms with Crippen molar-refractivity contribution in [1.82, 2.24) is 15.5 Å². The van der Waals surface area contributed by atoms with Crippen LogP contribution < -0.4 is 16.4 Å². The molecular formula is C27H30N4O7. The Morgan fingerprint density at radius 2 is 1.50 bits per heavy atom. The van der Waals surface area contributed by atoms with Gasteiger partial charge in [-0.05, 0) is 37.5 Å². The topological polar surface area (TPSA) is 165 Å². The quantitative estimate of drug-likeness (QED) is 0.261. The second-order valence-electron chi connectivity index (χ2n) is 8.85. The maximum Gasteiger partial charge on any atom is 0.306 e. The number of primary amides is 1. The first kappa shape index (κ1) is 28.0. The summed E-state index contributed by atoms with van der Waals surface area (Å²) in [5.41, 5.74) is 6.85. The monoisotopic (exact) mass is 522 g/mol. The van der Waals surface area contributed by atoms with Crippen LogP contribution in [0.1, 0.15) is 58.9 Å². The summed E-state index contributed by atoms with van der Waals surface area (Å²) >= 11 is 0. The summed E-state index contributed by atoms with van der Waals surface area (Å²) in [5.74, 6) is -3.30. The molecular weight excluding hydrogens is 492 g/mol. The first-order valence-corrected chi connectivity index (χ1v) is 12.2. The average Bonchev–Trinajstić information content (AvgIpc) is 3.15. The molecule has 0 spiro atoms. The zero-order valence-electron chi connectivity index (χ0n) is 21.0. The van der Waals surface area contributed by atoms with Crippen LogP contribution >= 0.6 is 0 Å². The van der Waals surface area contributed by atoms with Gasteiger partial charge in [0.15, 0.2) is 0 Å². The van der Waals surface area contributed by atoms with Crippen molar-refractivity contribution in [3.63, 3.8) is 0 Å². The van der Waals surface area contributed by atoms with Gasteiger partial charge in [-0.25, -0.2) is 0 Å². The fourth-order valence-electron chi connectivity index (χ4n) is 3.87. The molecule has 1 aliphatic heterocycles. The number of fused-ring (bicyclic) bond motifs is 1. The molecule has 2 aromatic rings. The second kappa shape index (κ2) is 13.1. The van der Waals surface area contributed by atoms with Crippen molar-refractivity contribution in [3.05, 3.63) is 71.3 Å². The largest absolute Gasteiger partial charge is 0.461 e. The summed E-state index contributed by atoms with van der Waals surface area (Å²) in [6.45, 7) is 1.58. The molecule has 2 aromatic carbocycles. The van der Waals surface area contributed by atoms with Crippen LogP contribution in [0.15, 0.2) is 54.6 Å². The van der Waals surface area contributed by atoms with Gasteiger partial charge in [-0.2, -0.15) is 0 Å². The molecule has 3 rings (SSSR count). The number of rotatable bonds is 13. The Bertz CT molecular complexity index is 1180. The summed E-state index contributed by atoms with van der Waals surface area (Å²) in [6, 6.07) is 13.5. The number of nitrogens with two attached hydrogens (primary N) is 1. The summed E-state index contributed by atoms with van der Waals surface area (Å²) in [7, 11) is 0. The van der Waals surface area contributed by atoms with Crippen molar-refractivity contribution < 1.29 is 33.5 Å². The predicted octanol–water partition coefficient (Wildman–Crippen LogP) is 1.06. The molecule has 11 heteroatoms. The highest BCUT2D eigenvalue weighted by Crippen LogP contribution is 2.22. The molecule has 1 aliphatic rings. The Balaban J connectivity index is 1.38. The number of ether oxygens (including phenoxy) is 1. The minimum atomic E-state index is -1.13. The van der Waals surface area contributed by atoms with Crippen molar-refractivity contribution in [1.29, 1.82) is 0 Å². The molecule has 200 valence electrons. The molecule has 0 saturated heterocycles. The van der Waals surface area contributed by atoms with Crippen molar-refractivity contribution in [3.8, 4) is 0 Å². The highest BCUT2D eigenvalue weighted by Gasteiger charge is 2.34. The van der Waals surface area contributed by atoms with Gasteiger partial charge < -0.3 is 21.1 Å². The molecule has 0 saturated carbocycles. The van der Waals surface area contributed by atoms with E-state index in [9.17, 15) is 28.8 Å². The molecule has 0 bridgehead atoms. The van der Waals surface area contributed by atoms with Gasteiger partial charge >= 0.3 is 5.97 Å². The maximum absolute atomic E-state index is 12.5. The van der Waals surface area contributed by atoms with E-state index in [1.165, 1.54) is 6.92 Å². The molecule has 0 radical (unpaired) electrons. The van der Waals surface area contributed by atoms with Gasteiger partial charge in [0.05, 0.1) is 11.1 Å². The highest BCUT2D eigenvalue weighted by atomic mass is 16.5. The van der Waals surface area contributed by atoms with E-state index in [0.717, 1.165) is 10.5 Å². The van der Waals surface area contributed by atoms with E-state index in [4.69, 9.17) is 10.5 Å². The minimum Gasteiger partial charge on any atom is -0.461 e. The predicted molar refractivity (Wildman–Crippen MR) is 135 cm³/mol. The fraction of sp³-hybridized carbons (Fsp3) is 0.333. The number of hydrogen-bond donors (Lipinski definition) is 3. The highest BCUT2D eigenvalue weighted by molar-refractivity contribution is 6.21. The Morgan fingerprint density at radius 3 is 2.11 bits per heavy atom. The third-order valence-electron chi connectivity index (χ3n) is 5.97. The van der Waals surface area contributed by atoms with Gasteiger partial charge in [0, 0.05) is 19.4 Å². The van der Waals surface area contributed by atoms with E-state index in [1.807, 2.05) is 18.2 Å². The summed E-state index contributed by atoms with van der Waals surface area (Å²) in [5, 5.41) is 4.95. The van der Waals surface area contributed by atoms with Crippen LogP contribution in [-0.2, 0) is 30.5 Å². The number of benzene rings is 2. The molecule has 0 unspecified atom stereocenters. The number of carbonyl (C=O) groups excluding carboxylic acids is 6. The van der Waals surface area contributed by atoms with Gasteiger partial charge in [0.25, 0.3) is 11.8 Å². The van der Waals surface area contributed by atoms with Crippen LogP contribution in [0.3, 0.4) is 0 Å². The van der Waals surface area contributed by atoms with E-state index < -0.39 is 47.6 Å². The first-order valence-electron chi connectivity index (χ1n) is 12.2. The lowest BCUT2D eigenvalue weighted by molar-refractivity contribution is -0.145. The van der Waals surface area contributed by atoms with Crippen molar-refractivity contribution >= 4 is 35.5 Å². The van der Waals surface area contributed by atoms with E-state index >= 15 is 0 Å². The summed E-state index contributed by atoms with van der Waals surface area (Å²) in [4.78, 5) is 74.5. The molecule has 2 atom stereocenters. The number of nitrogens with zero attached hydrogens (tertiary/aromatic N) is 1. The SMILES string of the molecule is C[C@H](NC(=O)CCCN1C(=O)c2ccccc2C1=O)C(=O)N[C@H](CCC(=O)OCc1ccccc1)C(N)=O. The van der Waals surface area contributed by atoms with Crippen LogP contribution in [0.25, 0.3) is 0 Å². The van der Waals surface area contributed by atoms with Crippen LogP contribution in [-0.4, -0.2) is 59.0 Å². The normalized spacial score (nSPS) is 13.9. The summed E-state index contributed by atoms with van der Waals surface area (Å²) < 4.78 is 5.16. The molecule has 0 fully saturated rings. The number of nitrogens with one attached hydrogen (secondary N) is 2. The van der Waals surface area contributed by atoms with Gasteiger partial charge in [-0.1, -0.05) is 42.5 Å². The Hall–Kier alpha value is -4.54. The first-order chi connectivity index (χ1) is 18.2. The Morgan fingerprint density at radius 1 is 0.895 bits per heavy atom. The number of imide groups is 1. The molecule has 1 heterocycles. The average molecular weight is 523 g/mol. The zero-order chi connectivity index (χ0) is 27.7. The van der Waals surface area contributed by atoms with E-state index in [-0.39, 0.29) is 38.8 Å². The van der Waals surface area contributed by atoms with Crippen molar-refractivity contribution in [2.75, 3.05) is 6.54 Å². The molecule has 4 N–H and O–H groups in total. The fourth-order valence-corrected chi connectivity index (χ4v) is 3.87. The molecule has 0 aliphatic carbocycles. The standard InChI is InChI=1S/C27H30N4O7/c1-17(29-22(32)12-7-15-31-26(36)19-10-5-6-11-20(19)27(31)37)25(35)30-21(24(28)34)13-14-23(33)38-16-18-8-3-2-4-9-18/h2-6,8-11,17,21H,7,12-16H2,1H3,(H2,28,34)(H,29,32)(H,30,35)/t17-,21+/m0/s1. The van der Waals surface area contributed by atoms with Gasteiger partial charge in [-0.3, -0.25) is 33.7 Å². The van der Waals surface area contributed by atoms with Crippen LogP contribution in [0, 0.1) is 0 Å². The molecule has 11 nitrogen and oxygen atoms in total. The van der Waals surface area contributed by atoms with E-state index in [0.29, 0.717) is 11.1 Å². The van der Waals surface area contributed by atoms with Crippen LogP contribution in [0.5, 0.6) is 0 Å². The minimum absolute atomic E-state index is 0.0302. The van der Waals surface area contributed by atoms with Crippen LogP contribution in [0.2, 0.25) is 0 Å². The second-order valence-corrected chi connectivity index (χ2v) is 8.85. The molecule has 5 amide bonds. The third kappa shape index (κ3) is 7.48. The number of carbonyl (C=O) groups is 6. The van der Waals surface area contributed by atoms with E-state index in [1.54, 1.807) is 36.4 Å². The maximum atomic E-state index is 12.5. The summed E-state index contributed by atoms with van der Waals surface area (Å²) in [6.07, 6.45) is -0.0207. The Labute approximate surface area is 219 Å². The van der Waals surface area contributed by atoms with Gasteiger partial charge in [0.2, 0.25) is 17.7 Å². The number of esters is 1. The van der Waals surface area contributed by atoms with Gasteiger partial charge in [0.1, 0.15) is 18.7 Å². The van der Waals surface area contributed by atoms with Gasteiger partial charge in [-0.15, -0.1) is 0 Å². The lowest BCUT2D eigenvalue weighted by Gasteiger charge is -2.19. The lowest BCUT2D eigenvalue weighted by Crippen LogP contribution is -2.52. The smallest absolute Gasteiger partial charge is 0.306 e. The number of hydrogen-bond acceptors (Lipinski definition) is 7. The van der Waals surface area contributed by atoms with Crippen molar-refractivity contribution in [2.24, 2.45) is 5.73 Å². The van der Waals surface area contributed by atoms with E-state index in [2.05, 4.69) is 10.6 Å². The van der Waals surface area contributed by atoms with Crippen molar-refractivity contribution in [2.45, 2.75) is 51.3 Å². The molecule has 38 heavy (non-hydrogen) atoms. The third-order valence-corrected chi connectivity index (χ3v) is 5.97. The molecule has 0 aromatic heterocycles. The van der Waals surface area contributed by atoms with Crippen LogP contribution in [0.4, 0.5) is 0 Å². The Kier molecular flexibility index (Phi) is 9.69. The zero-order valence-corrected chi connectivity index (χ0v) is 21.0.